The molecule has 1 aromatic heterocycles. The summed E-state index contributed by atoms with van der Waals surface area (Å²) >= 11 is 6.16. The van der Waals surface area contributed by atoms with Crippen LogP contribution >= 0.6 is 11.6 Å². The number of carbonyl (C=O) groups is 1. The van der Waals surface area contributed by atoms with E-state index in [9.17, 15) is 4.79 Å². The number of halogens is 1. The summed E-state index contributed by atoms with van der Waals surface area (Å²) < 4.78 is 0. The summed E-state index contributed by atoms with van der Waals surface area (Å²) in [6, 6.07) is 7.46. The van der Waals surface area contributed by atoms with Crippen molar-refractivity contribution in [3.8, 4) is 0 Å². The van der Waals surface area contributed by atoms with Gasteiger partial charge in [-0.2, -0.15) is 0 Å². The lowest BCUT2D eigenvalue weighted by Gasteiger charge is -2.33. The Kier molecular flexibility index (Phi) is 5.45. The van der Waals surface area contributed by atoms with Gasteiger partial charge in [-0.1, -0.05) is 23.2 Å². The van der Waals surface area contributed by atoms with Gasteiger partial charge in [0.15, 0.2) is 0 Å². The smallest absolute Gasteiger partial charge is 0.322 e. The first kappa shape index (κ1) is 18.7. The van der Waals surface area contributed by atoms with E-state index in [4.69, 9.17) is 18.2 Å². The molecule has 0 bridgehead atoms. The van der Waals surface area contributed by atoms with Gasteiger partial charge in [0.2, 0.25) is 5.91 Å². The molecule has 0 radical (unpaired) electrons. The number of hydrogen-bond acceptors (Lipinski definition) is 4. The zero-order chi connectivity index (χ0) is 19.5. The first-order chi connectivity index (χ1) is 13.7. The van der Waals surface area contributed by atoms with E-state index >= 15 is 0 Å². The highest BCUT2D eigenvalue weighted by Crippen LogP contribution is 2.32. The van der Waals surface area contributed by atoms with Gasteiger partial charge in [0.1, 0.15) is 0 Å². The summed E-state index contributed by atoms with van der Waals surface area (Å²) in [6.07, 6.45) is 6.20. The minimum absolute atomic E-state index is 0.00178. The monoisotopic (exact) mass is 395 g/mol. The molecule has 1 amide bonds. The summed E-state index contributed by atoms with van der Waals surface area (Å²) in [5.41, 5.74) is 2.18. The van der Waals surface area contributed by atoms with E-state index in [-0.39, 0.29) is 11.8 Å². The maximum atomic E-state index is 13.3. The van der Waals surface area contributed by atoms with Gasteiger partial charge in [0.05, 0.1) is 0 Å². The number of amides is 1. The average molecular weight is 396 g/mol. The molecule has 28 heavy (non-hydrogen) atoms. The van der Waals surface area contributed by atoms with Crippen LogP contribution in [0.1, 0.15) is 31.2 Å². The number of hydrogen-bond donors (Lipinski definition) is 0. The molecular formula is C21H22ClN5O. The Morgan fingerprint density at radius 1 is 1.18 bits per heavy atom. The SMILES string of the molecule is [C-]#[N+]c1ccnc(N2CCC(C(=O)N3CCCCc4cc(Cl)ccc43)CC2)n1. The number of benzene rings is 1. The van der Waals surface area contributed by atoms with Crippen molar-refractivity contribution in [2.75, 3.05) is 29.4 Å². The van der Waals surface area contributed by atoms with E-state index < -0.39 is 0 Å². The largest absolute Gasteiger partial charge is 0.360 e. The lowest BCUT2D eigenvalue weighted by Crippen LogP contribution is -2.43. The van der Waals surface area contributed by atoms with Gasteiger partial charge in [0.25, 0.3) is 5.82 Å². The summed E-state index contributed by atoms with van der Waals surface area (Å²) in [5, 5.41) is 0.725. The quantitative estimate of drug-likeness (QED) is 0.712. The fraction of sp³-hybridized carbons (Fsp3) is 0.429. The van der Waals surface area contributed by atoms with Crippen LogP contribution in [-0.2, 0) is 11.2 Å². The van der Waals surface area contributed by atoms with Crippen molar-refractivity contribution >= 4 is 35.0 Å². The molecule has 144 valence electrons. The molecule has 2 aliphatic rings. The molecule has 1 aromatic carbocycles. The zero-order valence-corrected chi connectivity index (χ0v) is 16.4. The lowest BCUT2D eigenvalue weighted by atomic mass is 9.95. The molecule has 4 rings (SSSR count). The fourth-order valence-corrected chi connectivity index (χ4v) is 4.25. The number of aryl methyl sites for hydroxylation is 1. The number of nitrogens with zero attached hydrogens (tertiary/aromatic N) is 5. The van der Waals surface area contributed by atoms with Gasteiger partial charge < -0.3 is 14.6 Å². The molecule has 2 aromatic rings. The minimum Gasteiger partial charge on any atom is -0.360 e. The summed E-state index contributed by atoms with van der Waals surface area (Å²) in [6.45, 7) is 9.31. The molecule has 0 N–H and O–H groups in total. The van der Waals surface area contributed by atoms with Crippen LogP contribution in [0.4, 0.5) is 17.5 Å². The maximum Gasteiger partial charge on any atom is 0.322 e. The van der Waals surface area contributed by atoms with Crippen molar-refractivity contribution in [2.45, 2.75) is 32.1 Å². The van der Waals surface area contributed by atoms with E-state index in [0.29, 0.717) is 11.8 Å². The molecule has 0 saturated carbocycles. The Morgan fingerprint density at radius 3 is 2.79 bits per heavy atom. The summed E-state index contributed by atoms with van der Waals surface area (Å²) in [7, 11) is 0. The second kappa shape index (κ2) is 8.15. The number of piperidine rings is 1. The van der Waals surface area contributed by atoms with Gasteiger partial charge in [-0.3, -0.25) is 4.79 Å². The van der Waals surface area contributed by atoms with Crippen LogP contribution in [-0.4, -0.2) is 35.5 Å². The Hall–Kier alpha value is -2.65. The van der Waals surface area contributed by atoms with Crippen LogP contribution in [0.2, 0.25) is 5.02 Å². The number of carbonyl (C=O) groups excluding carboxylic acids is 1. The molecule has 0 atom stereocenters. The van der Waals surface area contributed by atoms with Gasteiger partial charge in [-0.05, 0) is 61.9 Å². The molecule has 6 nitrogen and oxygen atoms in total. The predicted octanol–water partition coefficient (Wildman–Crippen LogP) is 4.27. The highest BCUT2D eigenvalue weighted by atomic mass is 35.5. The van der Waals surface area contributed by atoms with E-state index in [0.717, 1.165) is 62.4 Å². The van der Waals surface area contributed by atoms with Gasteiger partial charge >= 0.3 is 5.95 Å². The standard InChI is InChI=1S/C21H22ClN5O/c1-23-19-7-10-24-21(25-19)26-12-8-15(9-13-26)20(28)27-11-3-2-4-16-14-17(22)5-6-18(16)27/h5-7,10,14-15H,2-4,8-9,11-13H2. The molecule has 1 fully saturated rings. The van der Waals surface area contributed by atoms with Crippen LogP contribution in [0.3, 0.4) is 0 Å². The van der Waals surface area contributed by atoms with E-state index in [1.807, 2.05) is 23.1 Å². The minimum atomic E-state index is 0.00178. The normalized spacial score (nSPS) is 17.6. The van der Waals surface area contributed by atoms with Crippen molar-refractivity contribution in [3.05, 3.63) is 52.5 Å². The molecule has 7 heteroatoms. The fourth-order valence-electron chi connectivity index (χ4n) is 4.05. The first-order valence-corrected chi connectivity index (χ1v) is 10.1. The van der Waals surface area contributed by atoms with E-state index in [2.05, 4.69) is 19.7 Å². The zero-order valence-electron chi connectivity index (χ0n) is 15.6. The Balaban J connectivity index is 1.46. The van der Waals surface area contributed by atoms with E-state index in [1.54, 1.807) is 12.3 Å². The van der Waals surface area contributed by atoms with Gasteiger partial charge in [-0.25, -0.2) is 4.98 Å². The lowest BCUT2D eigenvalue weighted by molar-refractivity contribution is -0.123. The van der Waals surface area contributed by atoms with Crippen molar-refractivity contribution in [1.29, 1.82) is 0 Å². The molecule has 0 unspecified atom stereocenters. The second-order valence-electron chi connectivity index (χ2n) is 7.31. The van der Waals surface area contributed by atoms with Crippen molar-refractivity contribution in [1.82, 2.24) is 9.97 Å². The molecule has 3 heterocycles. The summed E-state index contributed by atoms with van der Waals surface area (Å²) in [5.74, 6) is 1.14. The number of fused-ring (bicyclic) bond motifs is 1. The number of rotatable bonds is 2. The van der Waals surface area contributed by atoms with Gasteiger partial charge in [-0.15, -0.1) is 0 Å². The van der Waals surface area contributed by atoms with Crippen LogP contribution in [0.15, 0.2) is 30.5 Å². The van der Waals surface area contributed by atoms with E-state index in [1.165, 1.54) is 5.56 Å². The van der Waals surface area contributed by atoms with Crippen molar-refractivity contribution < 1.29 is 4.79 Å². The van der Waals surface area contributed by atoms with Crippen LogP contribution in [0.25, 0.3) is 4.85 Å². The Morgan fingerprint density at radius 2 is 2.00 bits per heavy atom. The van der Waals surface area contributed by atoms with Crippen LogP contribution < -0.4 is 9.80 Å². The Bertz CT molecular complexity index is 917. The topological polar surface area (TPSA) is 53.7 Å². The molecule has 2 aliphatic heterocycles. The van der Waals surface area contributed by atoms with Crippen molar-refractivity contribution in [2.24, 2.45) is 5.92 Å². The average Bonchev–Trinajstić information content (AvgIpc) is 2.95. The summed E-state index contributed by atoms with van der Waals surface area (Å²) in [4.78, 5) is 29.3. The third-order valence-electron chi connectivity index (χ3n) is 5.55. The molecule has 0 aliphatic carbocycles. The van der Waals surface area contributed by atoms with Crippen molar-refractivity contribution in [3.63, 3.8) is 0 Å². The van der Waals surface area contributed by atoms with Gasteiger partial charge in [0, 0.05) is 42.5 Å². The molecular weight excluding hydrogens is 374 g/mol. The maximum absolute atomic E-state index is 13.3. The molecule has 0 spiro atoms. The third kappa shape index (κ3) is 3.81. The highest BCUT2D eigenvalue weighted by molar-refractivity contribution is 6.30. The third-order valence-corrected chi connectivity index (χ3v) is 5.78. The number of anilines is 2. The van der Waals surface area contributed by atoms with Crippen LogP contribution in [0, 0.1) is 12.5 Å². The first-order valence-electron chi connectivity index (χ1n) is 9.71. The molecule has 1 saturated heterocycles. The predicted molar refractivity (Wildman–Crippen MR) is 110 cm³/mol. The second-order valence-corrected chi connectivity index (χ2v) is 7.74. The van der Waals surface area contributed by atoms with Crippen LogP contribution in [0.5, 0.6) is 0 Å². The number of aromatic nitrogens is 2. The Labute approximate surface area is 170 Å². The highest BCUT2D eigenvalue weighted by Gasteiger charge is 2.32.